The first-order chi connectivity index (χ1) is 7.14. The minimum absolute atomic E-state index is 0.351. The fourth-order valence-corrected chi connectivity index (χ4v) is 2.63. The van der Waals surface area contributed by atoms with E-state index in [0.29, 0.717) is 5.88 Å². The normalized spacial score (nSPS) is 14.2. The van der Waals surface area contributed by atoms with Gasteiger partial charge in [-0.3, -0.25) is 0 Å². The third-order valence-corrected chi connectivity index (χ3v) is 3.23. The van der Waals surface area contributed by atoms with Gasteiger partial charge in [-0.25, -0.2) is 0 Å². The third kappa shape index (κ3) is 5.74. The van der Waals surface area contributed by atoms with Gasteiger partial charge < -0.3 is 9.59 Å². The molecule has 0 aliphatic heterocycles. The molecule has 0 saturated heterocycles. The van der Waals surface area contributed by atoms with E-state index in [1.807, 2.05) is 0 Å². The summed E-state index contributed by atoms with van der Waals surface area (Å²) in [5.74, 6) is 0.358. The van der Waals surface area contributed by atoms with Crippen LogP contribution in [0.5, 0.6) is 0 Å². The Morgan fingerprint density at radius 3 is 1.67 bits per heavy atom. The zero-order valence-electron chi connectivity index (χ0n) is 10.5. The number of aliphatic hydroxyl groups excluding tert-OH is 1. The highest BCUT2D eigenvalue weighted by molar-refractivity contribution is 6.18. The Labute approximate surface area is 99.8 Å². The first-order valence-electron chi connectivity index (χ1n) is 6.23. The summed E-state index contributed by atoms with van der Waals surface area (Å²) in [5.41, 5.74) is 0. The van der Waals surface area contributed by atoms with Gasteiger partial charge in [0.2, 0.25) is 0 Å². The Morgan fingerprint density at radius 1 is 1.00 bits per heavy atom. The van der Waals surface area contributed by atoms with Gasteiger partial charge in [0.25, 0.3) is 0 Å². The van der Waals surface area contributed by atoms with E-state index in [0.717, 1.165) is 30.7 Å². The molecule has 0 aromatic heterocycles. The highest BCUT2D eigenvalue weighted by Gasteiger charge is 2.27. The van der Waals surface area contributed by atoms with Crippen LogP contribution in [0.1, 0.15) is 40.0 Å². The molecular weight excluding hydrogens is 210 g/mol. The molecule has 2 nitrogen and oxygen atoms in total. The number of quaternary nitrogens is 1. The Bertz CT molecular complexity index is 136. The van der Waals surface area contributed by atoms with Gasteiger partial charge in [-0.1, -0.05) is 20.8 Å². The maximum absolute atomic E-state index is 9.73. The van der Waals surface area contributed by atoms with Crippen LogP contribution in [0.4, 0.5) is 0 Å². The second-order valence-corrected chi connectivity index (χ2v) is 4.81. The van der Waals surface area contributed by atoms with Crippen molar-refractivity contribution >= 4 is 11.6 Å². The van der Waals surface area contributed by atoms with Gasteiger partial charge in [0.1, 0.15) is 12.6 Å². The summed E-state index contributed by atoms with van der Waals surface area (Å²) in [7, 11) is 0. The molecule has 15 heavy (non-hydrogen) atoms. The van der Waals surface area contributed by atoms with Crippen molar-refractivity contribution in [2.24, 2.45) is 0 Å². The van der Waals surface area contributed by atoms with Gasteiger partial charge in [0.05, 0.1) is 25.5 Å². The molecule has 0 saturated carbocycles. The first-order valence-corrected chi connectivity index (χ1v) is 6.76. The van der Waals surface area contributed by atoms with Gasteiger partial charge in [-0.2, -0.15) is 0 Å². The number of hydrogen-bond donors (Lipinski definition) is 1. The monoisotopic (exact) mass is 236 g/mol. The molecule has 0 unspecified atom stereocenters. The van der Waals surface area contributed by atoms with Gasteiger partial charge in [0, 0.05) is 0 Å². The van der Waals surface area contributed by atoms with Gasteiger partial charge in [-0.15, -0.1) is 11.6 Å². The highest BCUT2D eigenvalue weighted by Crippen LogP contribution is 2.13. The van der Waals surface area contributed by atoms with E-state index in [-0.39, 0.29) is 6.10 Å². The third-order valence-electron chi connectivity index (χ3n) is 2.87. The number of alkyl halides is 1. The Morgan fingerprint density at radius 2 is 1.40 bits per heavy atom. The maximum Gasteiger partial charge on any atom is 0.116 e. The average Bonchev–Trinajstić information content (AvgIpc) is 2.18. The summed E-state index contributed by atoms with van der Waals surface area (Å²) in [6, 6.07) is 0. The SMILES string of the molecule is CCC[N+](CCC)(CCC)C[C@@H](O)CCl. The summed E-state index contributed by atoms with van der Waals surface area (Å²) < 4.78 is 1.04. The molecule has 0 aromatic rings. The molecule has 0 fully saturated rings. The molecular formula is C12H27ClNO+. The van der Waals surface area contributed by atoms with Crippen molar-refractivity contribution in [3.05, 3.63) is 0 Å². The molecule has 0 aliphatic carbocycles. The standard InChI is InChI=1S/C12H27ClNO/c1-4-7-14(8-5-2,9-6-3)11-12(15)10-13/h12,15H,4-11H2,1-3H3/q+1/t12-/m0/s1. The van der Waals surface area contributed by atoms with Crippen molar-refractivity contribution in [3.8, 4) is 0 Å². The lowest BCUT2D eigenvalue weighted by atomic mass is 10.2. The van der Waals surface area contributed by atoms with E-state index in [9.17, 15) is 5.11 Å². The molecule has 0 radical (unpaired) electrons. The van der Waals surface area contributed by atoms with Crippen molar-refractivity contribution in [1.29, 1.82) is 0 Å². The minimum Gasteiger partial charge on any atom is -0.386 e. The highest BCUT2D eigenvalue weighted by atomic mass is 35.5. The van der Waals surface area contributed by atoms with Crippen LogP contribution in [0.3, 0.4) is 0 Å². The molecule has 0 bridgehead atoms. The zero-order valence-corrected chi connectivity index (χ0v) is 11.3. The largest absolute Gasteiger partial charge is 0.386 e. The summed E-state index contributed by atoms with van der Waals surface area (Å²) in [4.78, 5) is 0. The van der Waals surface area contributed by atoms with Crippen LogP contribution in [0.2, 0.25) is 0 Å². The van der Waals surface area contributed by atoms with E-state index >= 15 is 0 Å². The van der Waals surface area contributed by atoms with E-state index in [4.69, 9.17) is 11.6 Å². The van der Waals surface area contributed by atoms with Crippen LogP contribution in [-0.2, 0) is 0 Å². The maximum atomic E-state index is 9.73. The van der Waals surface area contributed by atoms with Gasteiger partial charge in [-0.05, 0) is 19.3 Å². The van der Waals surface area contributed by atoms with E-state index in [1.54, 1.807) is 0 Å². The Hall–Kier alpha value is 0.210. The summed E-state index contributed by atoms with van der Waals surface area (Å²) in [6.07, 6.45) is 3.18. The molecule has 1 N–H and O–H groups in total. The van der Waals surface area contributed by atoms with Crippen LogP contribution in [-0.4, -0.2) is 47.8 Å². The van der Waals surface area contributed by atoms with Crippen LogP contribution in [0, 0.1) is 0 Å². The van der Waals surface area contributed by atoms with Crippen molar-refractivity contribution < 1.29 is 9.59 Å². The fourth-order valence-electron chi connectivity index (χ4n) is 2.53. The second kappa shape index (κ2) is 8.37. The second-order valence-electron chi connectivity index (χ2n) is 4.50. The zero-order chi connectivity index (χ0) is 11.7. The molecule has 3 heteroatoms. The van der Waals surface area contributed by atoms with Crippen LogP contribution in [0.25, 0.3) is 0 Å². The van der Waals surface area contributed by atoms with Crippen molar-refractivity contribution in [3.63, 3.8) is 0 Å². The molecule has 0 aromatic carbocycles. The van der Waals surface area contributed by atoms with Crippen LogP contribution in [0.15, 0.2) is 0 Å². The fraction of sp³-hybridized carbons (Fsp3) is 1.00. The molecule has 0 spiro atoms. The van der Waals surface area contributed by atoms with E-state index in [2.05, 4.69) is 20.8 Å². The van der Waals surface area contributed by atoms with Crippen LogP contribution < -0.4 is 0 Å². The minimum atomic E-state index is -0.351. The van der Waals surface area contributed by atoms with Crippen molar-refractivity contribution in [2.75, 3.05) is 32.1 Å². The molecule has 0 rings (SSSR count). The molecule has 1 atom stereocenters. The van der Waals surface area contributed by atoms with Gasteiger partial charge in [0.15, 0.2) is 0 Å². The lowest BCUT2D eigenvalue weighted by molar-refractivity contribution is -0.930. The number of hydrogen-bond acceptors (Lipinski definition) is 1. The topological polar surface area (TPSA) is 20.2 Å². The van der Waals surface area contributed by atoms with Crippen LogP contribution >= 0.6 is 11.6 Å². The number of halogens is 1. The Kier molecular flexibility index (Phi) is 8.49. The summed E-state index contributed by atoms with van der Waals surface area (Å²) in [6.45, 7) is 10.9. The summed E-state index contributed by atoms with van der Waals surface area (Å²) in [5, 5.41) is 9.73. The Balaban J connectivity index is 4.44. The van der Waals surface area contributed by atoms with Crippen molar-refractivity contribution in [2.45, 2.75) is 46.1 Å². The lowest BCUT2D eigenvalue weighted by Crippen LogP contribution is -2.54. The number of nitrogens with zero attached hydrogens (tertiary/aromatic N) is 1. The predicted octanol–water partition coefficient (Wildman–Crippen LogP) is 2.63. The average molecular weight is 237 g/mol. The number of aliphatic hydroxyl groups is 1. The summed E-state index contributed by atoms with van der Waals surface area (Å²) >= 11 is 5.70. The quantitative estimate of drug-likeness (QED) is 0.482. The smallest absolute Gasteiger partial charge is 0.116 e. The van der Waals surface area contributed by atoms with Gasteiger partial charge >= 0.3 is 0 Å². The number of rotatable bonds is 9. The molecule has 0 amide bonds. The van der Waals surface area contributed by atoms with E-state index < -0.39 is 0 Å². The molecule has 92 valence electrons. The lowest BCUT2D eigenvalue weighted by Gasteiger charge is -2.39. The molecule has 0 heterocycles. The molecule has 0 aliphatic rings. The van der Waals surface area contributed by atoms with Crippen molar-refractivity contribution in [1.82, 2.24) is 0 Å². The predicted molar refractivity (Wildman–Crippen MR) is 67.3 cm³/mol. The van der Waals surface area contributed by atoms with E-state index in [1.165, 1.54) is 19.3 Å². The first kappa shape index (κ1) is 15.2.